The maximum atomic E-state index is 12.2. The van der Waals surface area contributed by atoms with E-state index in [1.165, 1.54) is 0 Å². The fourth-order valence-corrected chi connectivity index (χ4v) is 2.89. The number of para-hydroxylation sites is 1. The van der Waals surface area contributed by atoms with Crippen molar-refractivity contribution in [1.29, 1.82) is 0 Å². The summed E-state index contributed by atoms with van der Waals surface area (Å²) in [5.74, 6) is 2.60. The second kappa shape index (κ2) is 7.17. The molecule has 0 amide bonds. The molecule has 0 saturated heterocycles. The minimum atomic E-state index is -3.50. The van der Waals surface area contributed by atoms with Gasteiger partial charge >= 0.3 is 0 Å². The van der Waals surface area contributed by atoms with E-state index in [-0.39, 0.29) is 10.9 Å². The number of benzene rings is 1. The molecule has 5 heteroatoms. The molecule has 0 aliphatic rings. The first-order valence-electron chi connectivity index (χ1n) is 6.36. The maximum Gasteiger partial charge on any atom is 0.242 e. The molecule has 1 atom stereocenters. The first-order chi connectivity index (χ1) is 9.05. The molecule has 1 unspecified atom stereocenters. The highest BCUT2D eigenvalue weighted by molar-refractivity contribution is 7.89. The van der Waals surface area contributed by atoms with Gasteiger partial charge in [-0.3, -0.25) is 0 Å². The van der Waals surface area contributed by atoms with E-state index in [1.807, 2.05) is 13.8 Å². The molecule has 0 bridgehead atoms. The number of hydrogen-bond donors (Lipinski definition) is 2. The van der Waals surface area contributed by atoms with Crippen molar-refractivity contribution in [1.82, 2.24) is 4.72 Å². The van der Waals surface area contributed by atoms with Gasteiger partial charge in [0.2, 0.25) is 10.0 Å². The van der Waals surface area contributed by atoms with Gasteiger partial charge in [-0.25, -0.2) is 13.1 Å². The molecule has 0 aromatic heterocycles. The van der Waals surface area contributed by atoms with Crippen LogP contribution in [0.2, 0.25) is 0 Å². The van der Waals surface area contributed by atoms with E-state index in [0.29, 0.717) is 12.2 Å². The minimum absolute atomic E-state index is 0.178. The Morgan fingerprint density at radius 3 is 2.58 bits per heavy atom. The van der Waals surface area contributed by atoms with E-state index >= 15 is 0 Å². The monoisotopic (exact) mass is 280 g/mol. The second-order valence-corrected chi connectivity index (χ2v) is 5.90. The standard InChI is InChI=1S/C14H20N2O2S/c1-4-11-15-19(17,18)14-10-8-7-9-13(14)16-12(5-2)6-3/h2,7-10,12,15-16H,4,6,11H2,1,3H3. The van der Waals surface area contributed by atoms with E-state index in [2.05, 4.69) is 16.0 Å². The SMILES string of the molecule is C#CC(CC)Nc1ccccc1S(=O)(=O)NCCC. The molecule has 0 aliphatic carbocycles. The minimum Gasteiger partial charge on any atom is -0.370 e. The molecule has 0 radical (unpaired) electrons. The predicted molar refractivity (Wildman–Crippen MR) is 78.5 cm³/mol. The van der Waals surface area contributed by atoms with Gasteiger partial charge in [-0.15, -0.1) is 6.42 Å². The number of sulfonamides is 1. The van der Waals surface area contributed by atoms with Crippen LogP contribution in [0.1, 0.15) is 26.7 Å². The highest BCUT2D eigenvalue weighted by Gasteiger charge is 2.18. The van der Waals surface area contributed by atoms with Gasteiger partial charge in [-0.1, -0.05) is 31.9 Å². The summed E-state index contributed by atoms with van der Waals surface area (Å²) < 4.78 is 26.9. The Hall–Kier alpha value is -1.51. The molecule has 4 nitrogen and oxygen atoms in total. The third kappa shape index (κ3) is 4.27. The third-order valence-corrected chi connectivity index (χ3v) is 4.18. The zero-order valence-electron chi connectivity index (χ0n) is 11.3. The van der Waals surface area contributed by atoms with E-state index in [9.17, 15) is 8.42 Å². The van der Waals surface area contributed by atoms with Gasteiger partial charge in [0, 0.05) is 6.54 Å². The lowest BCUT2D eigenvalue weighted by molar-refractivity contribution is 0.581. The molecule has 0 spiro atoms. The predicted octanol–water partition coefficient (Wildman–Crippen LogP) is 2.20. The van der Waals surface area contributed by atoms with Crippen molar-refractivity contribution in [2.24, 2.45) is 0 Å². The van der Waals surface area contributed by atoms with Gasteiger partial charge in [-0.05, 0) is 25.0 Å². The maximum absolute atomic E-state index is 12.2. The van der Waals surface area contributed by atoms with Crippen LogP contribution in [-0.2, 0) is 10.0 Å². The Morgan fingerprint density at radius 1 is 1.32 bits per heavy atom. The van der Waals surface area contributed by atoms with Crippen LogP contribution in [0, 0.1) is 12.3 Å². The molecule has 0 fully saturated rings. The highest BCUT2D eigenvalue weighted by atomic mass is 32.2. The van der Waals surface area contributed by atoms with E-state index in [0.717, 1.165) is 12.8 Å². The number of hydrogen-bond acceptors (Lipinski definition) is 3. The lowest BCUT2D eigenvalue weighted by atomic mass is 10.2. The zero-order chi connectivity index (χ0) is 14.3. The quantitative estimate of drug-likeness (QED) is 0.753. The summed E-state index contributed by atoms with van der Waals surface area (Å²) in [7, 11) is -3.50. The van der Waals surface area contributed by atoms with Crippen LogP contribution in [0.5, 0.6) is 0 Å². The van der Waals surface area contributed by atoms with E-state index in [1.54, 1.807) is 24.3 Å². The first-order valence-corrected chi connectivity index (χ1v) is 7.84. The average molecular weight is 280 g/mol. The van der Waals surface area contributed by atoms with Crippen molar-refractivity contribution in [2.75, 3.05) is 11.9 Å². The van der Waals surface area contributed by atoms with Crippen LogP contribution >= 0.6 is 0 Å². The average Bonchev–Trinajstić information content (AvgIpc) is 2.43. The summed E-state index contributed by atoms with van der Waals surface area (Å²) >= 11 is 0. The lowest BCUT2D eigenvalue weighted by Gasteiger charge is -2.16. The van der Waals surface area contributed by atoms with Crippen LogP contribution < -0.4 is 10.0 Å². The number of terminal acetylenes is 1. The first kappa shape index (κ1) is 15.5. The van der Waals surface area contributed by atoms with Crippen molar-refractivity contribution in [3.05, 3.63) is 24.3 Å². The van der Waals surface area contributed by atoms with Crippen LogP contribution in [0.25, 0.3) is 0 Å². The Balaban J connectivity index is 3.06. The molecule has 1 aromatic carbocycles. The van der Waals surface area contributed by atoms with Crippen molar-refractivity contribution < 1.29 is 8.42 Å². The van der Waals surface area contributed by atoms with Gasteiger partial charge in [-0.2, -0.15) is 0 Å². The Kier molecular flexibility index (Phi) is 5.87. The Morgan fingerprint density at radius 2 is 2.00 bits per heavy atom. The van der Waals surface area contributed by atoms with Crippen molar-refractivity contribution in [2.45, 2.75) is 37.6 Å². The van der Waals surface area contributed by atoms with Crippen molar-refractivity contribution in [3.8, 4) is 12.3 Å². The summed E-state index contributed by atoms with van der Waals surface area (Å²) in [5, 5.41) is 3.07. The van der Waals surface area contributed by atoms with Gasteiger partial charge in [0.15, 0.2) is 0 Å². The fraction of sp³-hybridized carbons (Fsp3) is 0.429. The smallest absolute Gasteiger partial charge is 0.242 e. The topological polar surface area (TPSA) is 58.2 Å². The zero-order valence-corrected chi connectivity index (χ0v) is 12.1. The molecule has 104 valence electrons. The molecular weight excluding hydrogens is 260 g/mol. The van der Waals surface area contributed by atoms with Gasteiger partial charge in [0.1, 0.15) is 4.90 Å². The van der Waals surface area contributed by atoms with E-state index in [4.69, 9.17) is 6.42 Å². The number of rotatable bonds is 7. The molecule has 1 rings (SSSR count). The molecule has 0 saturated carbocycles. The Bertz CT molecular complexity index is 547. The third-order valence-electron chi connectivity index (χ3n) is 2.66. The van der Waals surface area contributed by atoms with Crippen molar-refractivity contribution in [3.63, 3.8) is 0 Å². The molecule has 0 aliphatic heterocycles. The molecule has 1 aromatic rings. The van der Waals surface area contributed by atoms with Crippen LogP contribution in [0.4, 0.5) is 5.69 Å². The number of anilines is 1. The lowest BCUT2D eigenvalue weighted by Crippen LogP contribution is -2.26. The molecule has 19 heavy (non-hydrogen) atoms. The fourth-order valence-electron chi connectivity index (χ4n) is 1.58. The van der Waals surface area contributed by atoms with E-state index < -0.39 is 10.0 Å². The van der Waals surface area contributed by atoms with Crippen LogP contribution in [0.3, 0.4) is 0 Å². The largest absolute Gasteiger partial charge is 0.370 e. The van der Waals surface area contributed by atoms with Gasteiger partial charge in [0.05, 0.1) is 11.7 Å². The number of nitrogens with one attached hydrogen (secondary N) is 2. The van der Waals surface area contributed by atoms with Crippen LogP contribution in [0.15, 0.2) is 29.2 Å². The summed E-state index contributed by atoms with van der Waals surface area (Å²) in [4.78, 5) is 0.233. The van der Waals surface area contributed by atoms with Crippen LogP contribution in [-0.4, -0.2) is 21.0 Å². The highest BCUT2D eigenvalue weighted by Crippen LogP contribution is 2.21. The summed E-state index contributed by atoms with van der Waals surface area (Å²) in [6.07, 6.45) is 6.87. The second-order valence-electron chi connectivity index (χ2n) is 4.17. The Labute approximate surface area is 115 Å². The molecule has 2 N–H and O–H groups in total. The molecular formula is C14H20N2O2S. The molecule has 0 heterocycles. The summed E-state index contributed by atoms with van der Waals surface area (Å²) in [6.45, 7) is 4.28. The van der Waals surface area contributed by atoms with Gasteiger partial charge in [0.25, 0.3) is 0 Å². The normalized spacial score (nSPS) is 12.7. The van der Waals surface area contributed by atoms with Crippen molar-refractivity contribution >= 4 is 15.7 Å². The van der Waals surface area contributed by atoms with Gasteiger partial charge < -0.3 is 5.32 Å². The summed E-state index contributed by atoms with van der Waals surface area (Å²) in [5.41, 5.74) is 0.538. The summed E-state index contributed by atoms with van der Waals surface area (Å²) in [6, 6.07) is 6.60.